The molecule has 2 atom stereocenters. The molecule has 46 heavy (non-hydrogen) atoms. The molecule has 11 nitrogen and oxygen atoms in total. The fourth-order valence-corrected chi connectivity index (χ4v) is 7.39. The van der Waals surface area contributed by atoms with Gasteiger partial charge in [-0.3, -0.25) is 19.3 Å². The monoisotopic (exact) mass is 687 g/mol. The van der Waals surface area contributed by atoms with Crippen LogP contribution in [-0.4, -0.2) is 58.2 Å². The number of nitrogens with zero attached hydrogens (tertiary/aromatic N) is 3. The van der Waals surface area contributed by atoms with Gasteiger partial charge in [0.1, 0.15) is 11.9 Å². The molecule has 0 radical (unpaired) electrons. The van der Waals surface area contributed by atoms with Gasteiger partial charge in [-0.25, -0.2) is 9.78 Å². The lowest BCUT2D eigenvalue weighted by molar-refractivity contribution is -0.152. The van der Waals surface area contributed by atoms with Crippen LogP contribution in [0.3, 0.4) is 0 Å². The van der Waals surface area contributed by atoms with Crippen LogP contribution in [0.25, 0.3) is 0 Å². The first kappa shape index (κ1) is 32.8. The zero-order chi connectivity index (χ0) is 32.7. The summed E-state index contributed by atoms with van der Waals surface area (Å²) in [6, 6.07) is 18.0. The molecular formula is C30H24ClF2N5O6S2. The summed E-state index contributed by atoms with van der Waals surface area (Å²) < 4.78 is 31.3. The smallest absolute Gasteiger partial charge is 0.407 e. The number of esters is 1. The SMILES string of the molecule is O=CNc1nc(C2(NC(=O)C=NOC(F)F)S[C@H]3CC(=O)N3C(C(=O)OC(c3ccccc3)c3ccccc3)=C2/C=C\CCl)cs1. The van der Waals surface area contributed by atoms with Crippen molar-refractivity contribution in [1.29, 1.82) is 0 Å². The van der Waals surface area contributed by atoms with Gasteiger partial charge in [0.25, 0.3) is 5.91 Å². The summed E-state index contributed by atoms with van der Waals surface area (Å²) in [5.41, 5.74) is 1.36. The number of aromatic nitrogens is 1. The molecule has 1 aromatic heterocycles. The number of thiazole rings is 1. The highest BCUT2D eigenvalue weighted by molar-refractivity contribution is 8.01. The molecule has 238 valence electrons. The van der Waals surface area contributed by atoms with Gasteiger partial charge in [0.05, 0.1) is 17.5 Å². The van der Waals surface area contributed by atoms with E-state index in [-0.39, 0.29) is 40.3 Å². The predicted molar refractivity (Wildman–Crippen MR) is 168 cm³/mol. The standard InChI is InChI=1S/C30H24ClF2N5O6S2/c31-13-7-12-20-25(27(42)43-26(18-8-3-1-4-9-18)19-10-5-2-6-11-19)38-23(41)14-24(38)46-30(20,21-16-45-29(36-21)34-17-39)37-22(40)15-35-44-28(32)33/h1-12,15-17,24,26,28H,13-14H2,(H,37,40)(H,34,36,39)/b12-7-,35-15?/t24-,30?/m0/s1. The second-order valence-electron chi connectivity index (χ2n) is 9.54. The zero-order valence-corrected chi connectivity index (χ0v) is 25.9. The fourth-order valence-electron chi connectivity index (χ4n) is 4.87. The maximum atomic E-state index is 14.4. The van der Waals surface area contributed by atoms with Crippen LogP contribution < -0.4 is 10.6 Å². The van der Waals surface area contributed by atoms with Gasteiger partial charge < -0.3 is 20.2 Å². The number of thioether (sulfide) groups is 1. The number of allylic oxidation sites excluding steroid dienone is 1. The molecule has 1 saturated heterocycles. The van der Waals surface area contributed by atoms with E-state index in [0.29, 0.717) is 23.8 Å². The number of amides is 3. The quantitative estimate of drug-likeness (QED) is 0.0647. The molecule has 3 amide bonds. The van der Waals surface area contributed by atoms with Gasteiger partial charge in [-0.2, -0.15) is 8.78 Å². The molecule has 2 aliphatic heterocycles. The Hall–Kier alpha value is -4.60. The van der Waals surface area contributed by atoms with Crippen LogP contribution in [0.15, 0.2) is 94.6 Å². The van der Waals surface area contributed by atoms with Gasteiger partial charge in [-0.15, -0.1) is 22.9 Å². The highest BCUT2D eigenvalue weighted by Gasteiger charge is 2.57. The van der Waals surface area contributed by atoms with Gasteiger partial charge >= 0.3 is 12.6 Å². The van der Waals surface area contributed by atoms with E-state index < -0.39 is 34.8 Å². The third-order valence-corrected chi connectivity index (χ3v) is 9.23. The largest absolute Gasteiger partial charge is 0.448 e. The minimum Gasteiger partial charge on any atom is -0.448 e. The Balaban J connectivity index is 1.68. The van der Waals surface area contributed by atoms with Crippen LogP contribution in [-0.2, 0) is 33.6 Å². The van der Waals surface area contributed by atoms with Crippen LogP contribution in [0.2, 0.25) is 0 Å². The normalized spacial score (nSPS) is 19.4. The number of carbonyl (C=O) groups excluding carboxylic acids is 4. The van der Waals surface area contributed by atoms with Crippen molar-refractivity contribution in [3.63, 3.8) is 0 Å². The second kappa shape index (κ2) is 14.7. The summed E-state index contributed by atoms with van der Waals surface area (Å²) >= 11 is 8.12. The molecule has 0 aliphatic carbocycles. The summed E-state index contributed by atoms with van der Waals surface area (Å²) in [6.07, 6.45) is 2.99. The highest BCUT2D eigenvalue weighted by Crippen LogP contribution is 2.55. The first-order valence-electron chi connectivity index (χ1n) is 13.5. The number of nitrogens with one attached hydrogen (secondary N) is 2. The Morgan fingerprint density at radius 2 is 1.83 bits per heavy atom. The number of hydrogen-bond acceptors (Lipinski definition) is 10. The lowest BCUT2D eigenvalue weighted by atomic mass is 9.96. The van der Waals surface area contributed by atoms with Crippen LogP contribution >= 0.6 is 34.7 Å². The third-order valence-electron chi connectivity index (χ3n) is 6.75. The van der Waals surface area contributed by atoms with Gasteiger partial charge in [-0.1, -0.05) is 89.7 Å². The number of fused-ring (bicyclic) bond motifs is 1. The summed E-state index contributed by atoms with van der Waals surface area (Å²) in [5, 5.41) is 9.21. The van der Waals surface area contributed by atoms with E-state index in [2.05, 4.69) is 25.6 Å². The van der Waals surface area contributed by atoms with E-state index >= 15 is 0 Å². The zero-order valence-electron chi connectivity index (χ0n) is 23.5. The first-order valence-corrected chi connectivity index (χ1v) is 15.8. The maximum absolute atomic E-state index is 14.4. The van der Waals surface area contributed by atoms with E-state index in [0.717, 1.165) is 23.1 Å². The number of hydrogen-bond donors (Lipinski definition) is 2. The molecule has 5 rings (SSSR count). The molecule has 0 spiro atoms. The topological polar surface area (TPSA) is 139 Å². The molecule has 16 heteroatoms. The van der Waals surface area contributed by atoms with E-state index in [1.807, 2.05) is 12.1 Å². The molecule has 2 aliphatic rings. The van der Waals surface area contributed by atoms with Gasteiger partial charge in [0.15, 0.2) is 16.1 Å². The van der Waals surface area contributed by atoms with Crippen LogP contribution in [0.5, 0.6) is 0 Å². The summed E-state index contributed by atoms with van der Waals surface area (Å²) in [5.74, 6) is -2.26. The minimum absolute atomic E-state index is 0.00146. The highest BCUT2D eigenvalue weighted by atomic mass is 35.5. The molecule has 0 saturated carbocycles. The molecule has 1 unspecified atom stereocenters. The number of ether oxygens (including phenoxy) is 1. The van der Waals surface area contributed by atoms with Crippen LogP contribution in [0.1, 0.15) is 29.3 Å². The molecule has 2 N–H and O–H groups in total. The number of rotatable bonds is 13. The van der Waals surface area contributed by atoms with Crippen LogP contribution in [0.4, 0.5) is 13.9 Å². The van der Waals surface area contributed by atoms with Crippen molar-refractivity contribution in [2.24, 2.45) is 5.16 Å². The van der Waals surface area contributed by atoms with Crippen molar-refractivity contribution in [2.75, 3.05) is 11.2 Å². The van der Waals surface area contributed by atoms with Gasteiger partial charge in [0, 0.05) is 16.8 Å². The fraction of sp³-hybridized carbons (Fsp3) is 0.200. The maximum Gasteiger partial charge on any atom is 0.407 e. The molecular weight excluding hydrogens is 664 g/mol. The Kier molecular flexibility index (Phi) is 10.4. The van der Waals surface area contributed by atoms with E-state index in [1.165, 1.54) is 22.4 Å². The summed E-state index contributed by atoms with van der Waals surface area (Å²) in [6.45, 7) is -3.27. The van der Waals surface area contributed by atoms with Crippen molar-refractivity contribution in [3.05, 3.63) is 106 Å². The molecule has 3 heterocycles. The van der Waals surface area contributed by atoms with E-state index in [9.17, 15) is 28.0 Å². The van der Waals surface area contributed by atoms with Crippen molar-refractivity contribution in [1.82, 2.24) is 15.2 Å². The third kappa shape index (κ3) is 6.95. The molecule has 2 aromatic carbocycles. The Morgan fingerprint density at radius 1 is 1.15 bits per heavy atom. The van der Waals surface area contributed by atoms with Crippen molar-refractivity contribution >= 4 is 70.2 Å². The number of β-lactam (4-membered cyclic amide) rings is 1. The number of oxime groups is 1. The van der Waals surface area contributed by atoms with Crippen molar-refractivity contribution < 1.29 is 37.5 Å². The Labute approximate surface area is 274 Å². The second-order valence-corrected chi connectivity index (χ2v) is 12.1. The van der Waals surface area contributed by atoms with Crippen molar-refractivity contribution in [2.45, 2.75) is 29.4 Å². The Bertz CT molecular complexity index is 1650. The molecule has 0 bridgehead atoms. The molecule has 1 fully saturated rings. The van der Waals surface area contributed by atoms with Gasteiger partial charge in [0.2, 0.25) is 12.3 Å². The first-order chi connectivity index (χ1) is 22.3. The molecule has 3 aromatic rings. The number of halogens is 3. The Morgan fingerprint density at radius 3 is 2.41 bits per heavy atom. The minimum atomic E-state index is -3.27. The number of anilines is 1. The number of carbonyl (C=O) groups is 4. The summed E-state index contributed by atoms with van der Waals surface area (Å²) in [4.78, 5) is 59.6. The lowest BCUT2D eigenvalue weighted by Gasteiger charge is -2.51. The predicted octanol–water partition coefficient (Wildman–Crippen LogP) is 4.89. The van der Waals surface area contributed by atoms with E-state index in [1.54, 1.807) is 48.5 Å². The lowest BCUT2D eigenvalue weighted by Crippen LogP contribution is -2.61. The van der Waals surface area contributed by atoms with E-state index in [4.69, 9.17) is 16.3 Å². The number of alkyl halides is 3. The average molecular weight is 688 g/mol. The average Bonchev–Trinajstić information content (AvgIpc) is 3.52. The van der Waals surface area contributed by atoms with Crippen molar-refractivity contribution in [3.8, 4) is 0 Å². The summed E-state index contributed by atoms with van der Waals surface area (Å²) in [7, 11) is 0. The van der Waals surface area contributed by atoms with Crippen LogP contribution in [0, 0.1) is 0 Å². The van der Waals surface area contributed by atoms with Gasteiger partial charge in [-0.05, 0) is 11.1 Å². The number of benzene rings is 2.